The lowest BCUT2D eigenvalue weighted by atomic mass is 10.0. The molecule has 4 nitrogen and oxygen atoms in total. The highest BCUT2D eigenvalue weighted by molar-refractivity contribution is 6.34. The van der Waals surface area contributed by atoms with Crippen LogP contribution in [0.5, 0.6) is 17.2 Å². The summed E-state index contributed by atoms with van der Waals surface area (Å²) in [5, 5.41) is 0.429. The highest BCUT2D eigenvalue weighted by atomic mass is 35.5. The highest BCUT2D eigenvalue weighted by Crippen LogP contribution is 2.47. The third-order valence-corrected chi connectivity index (χ3v) is 3.63. The van der Waals surface area contributed by atoms with Crippen LogP contribution in [0.1, 0.15) is 18.4 Å². The maximum absolute atomic E-state index is 6.28. The lowest BCUT2D eigenvalue weighted by Gasteiger charge is -2.18. The van der Waals surface area contributed by atoms with Crippen LogP contribution in [0.15, 0.2) is 6.07 Å². The summed E-state index contributed by atoms with van der Waals surface area (Å²) in [5.41, 5.74) is 6.99. The SMILES string of the molecule is COc1cc(CC2(N)CC2)c(OC)c(Cl)c1OC. The van der Waals surface area contributed by atoms with Crippen molar-refractivity contribution in [2.45, 2.75) is 24.8 Å². The molecule has 5 heteroatoms. The Morgan fingerprint density at radius 3 is 2.22 bits per heavy atom. The van der Waals surface area contributed by atoms with Gasteiger partial charge in [0.15, 0.2) is 11.5 Å². The lowest BCUT2D eigenvalue weighted by molar-refractivity contribution is 0.347. The predicted molar refractivity (Wildman–Crippen MR) is 71.0 cm³/mol. The van der Waals surface area contributed by atoms with Gasteiger partial charge in [-0.3, -0.25) is 0 Å². The molecule has 0 heterocycles. The average Bonchev–Trinajstić information content (AvgIpc) is 3.06. The fourth-order valence-electron chi connectivity index (χ4n) is 2.05. The van der Waals surface area contributed by atoms with Crippen molar-refractivity contribution >= 4 is 11.6 Å². The van der Waals surface area contributed by atoms with Crippen LogP contribution in [0.2, 0.25) is 5.02 Å². The molecule has 1 aliphatic carbocycles. The summed E-state index contributed by atoms with van der Waals surface area (Å²) >= 11 is 6.28. The Morgan fingerprint density at radius 2 is 1.78 bits per heavy atom. The molecule has 0 atom stereocenters. The molecule has 0 aliphatic heterocycles. The first-order valence-electron chi connectivity index (χ1n) is 5.81. The summed E-state index contributed by atoms with van der Waals surface area (Å²) in [6, 6.07) is 1.89. The fraction of sp³-hybridized carbons (Fsp3) is 0.538. The van der Waals surface area contributed by atoms with Gasteiger partial charge in [-0.25, -0.2) is 0 Å². The van der Waals surface area contributed by atoms with Gasteiger partial charge < -0.3 is 19.9 Å². The van der Waals surface area contributed by atoms with Crippen LogP contribution in [0.4, 0.5) is 0 Å². The van der Waals surface area contributed by atoms with Gasteiger partial charge in [-0.15, -0.1) is 0 Å². The Hall–Kier alpha value is -1.13. The number of rotatable bonds is 5. The first-order chi connectivity index (χ1) is 8.54. The van der Waals surface area contributed by atoms with Crippen LogP contribution in [0.25, 0.3) is 0 Å². The molecule has 0 unspecified atom stereocenters. The van der Waals surface area contributed by atoms with Gasteiger partial charge in [0.25, 0.3) is 0 Å². The van der Waals surface area contributed by atoms with E-state index in [1.165, 1.54) is 0 Å². The van der Waals surface area contributed by atoms with Crippen molar-refractivity contribution in [1.29, 1.82) is 0 Å². The van der Waals surface area contributed by atoms with Gasteiger partial charge in [0, 0.05) is 11.1 Å². The summed E-state index contributed by atoms with van der Waals surface area (Å²) in [7, 11) is 4.72. The first kappa shape index (κ1) is 13.3. The van der Waals surface area contributed by atoms with Gasteiger partial charge in [0.1, 0.15) is 10.8 Å². The van der Waals surface area contributed by atoms with Crippen molar-refractivity contribution in [1.82, 2.24) is 0 Å². The monoisotopic (exact) mass is 271 g/mol. The van der Waals surface area contributed by atoms with Gasteiger partial charge in [0.05, 0.1) is 21.3 Å². The zero-order valence-corrected chi connectivity index (χ0v) is 11.6. The molecule has 1 aromatic carbocycles. The van der Waals surface area contributed by atoms with E-state index in [4.69, 9.17) is 31.5 Å². The lowest BCUT2D eigenvalue weighted by Crippen LogP contribution is -2.24. The van der Waals surface area contributed by atoms with Crippen molar-refractivity contribution < 1.29 is 14.2 Å². The first-order valence-corrected chi connectivity index (χ1v) is 6.18. The summed E-state index contributed by atoms with van der Waals surface area (Å²) in [5.74, 6) is 1.70. The normalized spacial score (nSPS) is 16.3. The van der Waals surface area contributed by atoms with E-state index in [1.54, 1.807) is 21.3 Å². The van der Waals surface area contributed by atoms with Gasteiger partial charge in [-0.05, 0) is 25.3 Å². The smallest absolute Gasteiger partial charge is 0.183 e. The van der Waals surface area contributed by atoms with Gasteiger partial charge in [-0.1, -0.05) is 11.6 Å². The molecule has 0 radical (unpaired) electrons. The summed E-state index contributed by atoms with van der Waals surface area (Å²) < 4.78 is 15.9. The van der Waals surface area contributed by atoms with E-state index in [1.807, 2.05) is 6.07 Å². The molecule has 0 bridgehead atoms. The molecule has 0 saturated heterocycles. The quantitative estimate of drug-likeness (QED) is 0.893. The van der Waals surface area contributed by atoms with Crippen LogP contribution >= 0.6 is 11.6 Å². The highest BCUT2D eigenvalue weighted by Gasteiger charge is 2.39. The minimum atomic E-state index is -0.115. The van der Waals surface area contributed by atoms with E-state index in [0.717, 1.165) is 24.8 Å². The van der Waals surface area contributed by atoms with Crippen molar-refractivity contribution in [2.75, 3.05) is 21.3 Å². The number of methoxy groups -OCH3 is 3. The molecule has 0 spiro atoms. The van der Waals surface area contributed by atoms with E-state index >= 15 is 0 Å². The second kappa shape index (κ2) is 4.86. The minimum absolute atomic E-state index is 0.115. The van der Waals surface area contributed by atoms with E-state index in [9.17, 15) is 0 Å². The Bertz CT molecular complexity index is 458. The largest absolute Gasteiger partial charge is 0.495 e. The maximum atomic E-state index is 6.28. The zero-order valence-electron chi connectivity index (χ0n) is 10.9. The van der Waals surface area contributed by atoms with E-state index in [-0.39, 0.29) is 5.54 Å². The molecule has 18 heavy (non-hydrogen) atoms. The second-order valence-corrected chi connectivity index (χ2v) is 5.04. The van der Waals surface area contributed by atoms with E-state index < -0.39 is 0 Å². The summed E-state index contributed by atoms with van der Waals surface area (Å²) in [6.45, 7) is 0. The molecule has 1 fully saturated rings. The summed E-state index contributed by atoms with van der Waals surface area (Å²) in [4.78, 5) is 0. The molecule has 2 rings (SSSR count). The molecule has 100 valence electrons. The van der Waals surface area contributed by atoms with Crippen LogP contribution in [-0.2, 0) is 6.42 Å². The van der Waals surface area contributed by atoms with E-state index in [2.05, 4.69) is 0 Å². The van der Waals surface area contributed by atoms with Gasteiger partial charge >= 0.3 is 0 Å². The Kier molecular flexibility index (Phi) is 3.59. The second-order valence-electron chi connectivity index (χ2n) is 4.66. The molecular weight excluding hydrogens is 254 g/mol. The molecule has 0 amide bonds. The van der Waals surface area contributed by atoms with Gasteiger partial charge in [-0.2, -0.15) is 0 Å². The molecule has 1 aliphatic rings. The van der Waals surface area contributed by atoms with Crippen LogP contribution in [0, 0.1) is 0 Å². The van der Waals surface area contributed by atoms with E-state index in [0.29, 0.717) is 22.3 Å². The minimum Gasteiger partial charge on any atom is -0.495 e. The predicted octanol–water partition coefficient (Wildman–Crippen LogP) is 2.40. The maximum Gasteiger partial charge on any atom is 0.183 e. The number of ether oxygens (including phenoxy) is 3. The third-order valence-electron chi connectivity index (χ3n) is 3.28. The molecule has 1 aromatic rings. The fourth-order valence-corrected chi connectivity index (χ4v) is 2.42. The number of hydrogen-bond acceptors (Lipinski definition) is 4. The number of nitrogens with two attached hydrogens (primary N) is 1. The number of benzene rings is 1. The van der Waals surface area contributed by atoms with Crippen LogP contribution in [-0.4, -0.2) is 26.9 Å². The number of halogens is 1. The third kappa shape index (κ3) is 2.35. The van der Waals surface area contributed by atoms with Gasteiger partial charge in [0.2, 0.25) is 0 Å². The van der Waals surface area contributed by atoms with Crippen molar-refractivity contribution in [2.24, 2.45) is 5.73 Å². The average molecular weight is 272 g/mol. The Labute approximate surface area is 112 Å². The van der Waals surface area contributed by atoms with Crippen LogP contribution < -0.4 is 19.9 Å². The molecule has 0 aromatic heterocycles. The molecular formula is C13H18ClNO3. The molecule has 2 N–H and O–H groups in total. The Morgan fingerprint density at radius 1 is 1.17 bits per heavy atom. The standard InChI is InChI=1S/C13H18ClNO3/c1-16-9-6-8(7-13(15)4-5-13)11(17-2)10(14)12(9)18-3/h6H,4-5,7,15H2,1-3H3. The Balaban J connectivity index is 2.47. The zero-order chi connectivity index (χ0) is 13.3. The van der Waals surface area contributed by atoms with Crippen molar-refractivity contribution in [3.63, 3.8) is 0 Å². The van der Waals surface area contributed by atoms with Crippen molar-refractivity contribution in [3.8, 4) is 17.2 Å². The van der Waals surface area contributed by atoms with Crippen LogP contribution in [0.3, 0.4) is 0 Å². The molecule has 1 saturated carbocycles. The number of hydrogen-bond donors (Lipinski definition) is 1. The van der Waals surface area contributed by atoms with Crippen molar-refractivity contribution in [3.05, 3.63) is 16.7 Å². The summed E-state index contributed by atoms with van der Waals surface area (Å²) in [6.07, 6.45) is 2.79. The topological polar surface area (TPSA) is 53.7 Å².